The third-order valence-electron chi connectivity index (χ3n) is 3.97. The number of hydrogen-bond donors (Lipinski definition) is 0. The van der Waals surface area contributed by atoms with Gasteiger partial charge in [0.15, 0.2) is 5.78 Å². The minimum absolute atomic E-state index is 0.0633. The van der Waals surface area contributed by atoms with Gasteiger partial charge in [0.25, 0.3) is 0 Å². The van der Waals surface area contributed by atoms with E-state index in [9.17, 15) is 23.2 Å². The summed E-state index contributed by atoms with van der Waals surface area (Å²) in [7, 11) is 0. The second-order valence-corrected chi connectivity index (χ2v) is 5.66. The molecule has 0 aromatic heterocycles. The van der Waals surface area contributed by atoms with Gasteiger partial charge in [-0.05, 0) is 31.1 Å². The van der Waals surface area contributed by atoms with Crippen LogP contribution >= 0.6 is 0 Å². The van der Waals surface area contributed by atoms with Gasteiger partial charge in [0.1, 0.15) is 18.1 Å². The van der Waals surface area contributed by atoms with E-state index in [1.54, 1.807) is 17.9 Å². The molecule has 1 aliphatic heterocycles. The van der Waals surface area contributed by atoms with E-state index < -0.39 is 35.4 Å². The van der Waals surface area contributed by atoms with Crippen LogP contribution in [-0.2, 0) is 14.3 Å². The number of ketones is 1. The molecule has 7 heteroatoms. The summed E-state index contributed by atoms with van der Waals surface area (Å²) in [4.78, 5) is 36.2. The predicted molar refractivity (Wildman–Crippen MR) is 86.8 cm³/mol. The van der Waals surface area contributed by atoms with Gasteiger partial charge in [-0.15, -0.1) is 0 Å². The van der Waals surface area contributed by atoms with Crippen LogP contribution in [0.4, 0.5) is 8.78 Å². The molecule has 1 heterocycles. The number of hydrogen-bond acceptors (Lipinski definition) is 4. The zero-order valence-corrected chi connectivity index (χ0v) is 14.1. The van der Waals surface area contributed by atoms with E-state index in [4.69, 9.17) is 0 Å². The standard InChI is InChI=1S/C18H19F2NO4/c1-3-25-18(24)10-17(23)14-9-15(19)13(8-16(14)20)12-4-6-21(7-5-12)11(2)22/h4,8-9H,3,5-7,10H2,1-2H3. The van der Waals surface area contributed by atoms with E-state index in [1.165, 1.54) is 6.92 Å². The second kappa shape index (κ2) is 8.00. The number of ether oxygens (including phenoxy) is 1. The predicted octanol–water partition coefficient (Wildman–Crippen LogP) is 2.74. The highest BCUT2D eigenvalue weighted by Gasteiger charge is 2.22. The Morgan fingerprint density at radius 2 is 1.92 bits per heavy atom. The molecule has 5 nitrogen and oxygen atoms in total. The number of amides is 1. The van der Waals surface area contributed by atoms with E-state index in [0.717, 1.165) is 12.1 Å². The van der Waals surface area contributed by atoms with Crippen molar-refractivity contribution in [1.29, 1.82) is 0 Å². The zero-order chi connectivity index (χ0) is 18.6. The molecule has 25 heavy (non-hydrogen) atoms. The second-order valence-electron chi connectivity index (χ2n) is 5.66. The molecule has 0 radical (unpaired) electrons. The fourth-order valence-electron chi connectivity index (χ4n) is 2.64. The summed E-state index contributed by atoms with van der Waals surface area (Å²) in [6.07, 6.45) is 1.43. The fourth-order valence-corrected chi connectivity index (χ4v) is 2.64. The first kappa shape index (κ1) is 18.8. The Morgan fingerprint density at radius 3 is 2.48 bits per heavy atom. The number of esters is 1. The van der Waals surface area contributed by atoms with Gasteiger partial charge in [0, 0.05) is 25.6 Å². The third kappa shape index (κ3) is 4.49. The molecule has 0 fully saturated rings. The first-order valence-corrected chi connectivity index (χ1v) is 7.96. The molecule has 0 N–H and O–H groups in total. The molecule has 1 aromatic carbocycles. The molecule has 1 amide bonds. The van der Waals surface area contributed by atoms with Crippen LogP contribution in [0.2, 0.25) is 0 Å². The van der Waals surface area contributed by atoms with Crippen molar-refractivity contribution in [2.45, 2.75) is 26.7 Å². The lowest BCUT2D eigenvalue weighted by atomic mass is 9.96. The largest absolute Gasteiger partial charge is 0.466 e. The molecule has 0 saturated carbocycles. The smallest absolute Gasteiger partial charge is 0.313 e. The lowest BCUT2D eigenvalue weighted by Crippen LogP contribution is -2.32. The summed E-state index contributed by atoms with van der Waals surface area (Å²) in [5, 5.41) is 0. The van der Waals surface area contributed by atoms with Crippen molar-refractivity contribution in [3.8, 4) is 0 Å². The summed E-state index contributed by atoms with van der Waals surface area (Å²) in [5.41, 5.74) is 0.169. The Kier molecular flexibility index (Phi) is 6.01. The number of benzene rings is 1. The molecule has 0 saturated heterocycles. The van der Waals surface area contributed by atoms with Crippen LogP contribution < -0.4 is 0 Å². The zero-order valence-electron chi connectivity index (χ0n) is 14.1. The van der Waals surface area contributed by atoms with Crippen molar-refractivity contribution >= 4 is 23.2 Å². The third-order valence-corrected chi connectivity index (χ3v) is 3.97. The number of halogens is 2. The lowest BCUT2D eigenvalue weighted by molar-refractivity contribution is -0.142. The molecule has 0 unspecified atom stereocenters. The highest BCUT2D eigenvalue weighted by molar-refractivity contribution is 6.06. The van der Waals surface area contributed by atoms with Gasteiger partial charge < -0.3 is 9.64 Å². The number of rotatable bonds is 5. The van der Waals surface area contributed by atoms with E-state index >= 15 is 0 Å². The monoisotopic (exact) mass is 351 g/mol. The van der Waals surface area contributed by atoms with Crippen LogP contribution in [-0.4, -0.2) is 42.3 Å². The van der Waals surface area contributed by atoms with Crippen LogP contribution in [0.3, 0.4) is 0 Å². The summed E-state index contributed by atoms with van der Waals surface area (Å²) >= 11 is 0. The molecule has 0 atom stereocenters. The molecule has 2 rings (SSSR count). The Bertz CT molecular complexity index is 743. The molecular formula is C18H19F2NO4. The summed E-state index contributed by atoms with van der Waals surface area (Å²) < 4.78 is 33.2. The van der Waals surface area contributed by atoms with E-state index in [1.807, 2.05) is 0 Å². The Balaban J connectivity index is 2.22. The van der Waals surface area contributed by atoms with Crippen molar-refractivity contribution in [2.24, 2.45) is 0 Å². The SMILES string of the molecule is CCOC(=O)CC(=O)c1cc(F)c(C2=CCN(C(C)=O)CC2)cc1F. The van der Waals surface area contributed by atoms with Gasteiger partial charge in [-0.3, -0.25) is 14.4 Å². The van der Waals surface area contributed by atoms with Crippen molar-refractivity contribution in [2.75, 3.05) is 19.7 Å². The summed E-state index contributed by atoms with van der Waals surface area (Å²) in [6, 6.07) is 1.77. The molecule has 134 valence electrons. The van der Waals surface area contributed by atoms with Crippen LogP contribution in [0.1, 0.15) is 42.6 Å². The fraction of sp³-hybridized carbons (Fsp3) is 0.389. The number of nitrogens with zero attached hydrogens (tertiary/aromatic N) is 1. The first-order valence-electron chi connectivity index (χ1n) is 7.96. The van der Waals surface area contributed by atoms with Gasteiger partial charge in [-0.2, -0.15) is 0 Å². The maximum Gasteiger partial charge on any atom is 0.313 e. The Morgan fingerprint density at radius 1 is 1.20 bits per heavy atom. The van der Waals surface area contributed by atoms with Gasteiger partial charge >= 0.3 is 5.97 Å². The minimum atomic E-state index is -0.888. The van der Waals surface area contributed by atoms with E-state index in [-0.39, 0.29) is 18.1 Å². The van der Waals surface area contributed by atoms with Gasteiger partial charge in [0.2, 0.25) is 5.91 Å². The normalized spacial score (nSPS) is 14.1. The Labute approximate surface area is 144 Å². The first-order chi connectivity index (χ1) is 11.8. The molecule has 1 aliphatic rings. The number of carbonyl (C=O) groups is 3. The quantitative estimate of drug-likeness (QED) is 0.465. The van der Waals surface area contributed by atoms with Crippen molar-refractivity contribution in [3.63, 3.8) is 0 Å². The van der Waals surface area contributed by atoms with Crippen LogP contribution in [0.25, 0.3) is 5.57 Å². The van der Waals surface area contributed by atoms with Crippen molar-refractivity contribution in [1.82, 2.24) is 4.90 Å². The minimum Gasteiger partial charge on any atom is -0.466 e. The average Bonchev–Trinajstić information content (AvgIpc) is 2.56. The highest BCUT2D eigenvalue weighted by atomic mass is 19.1. The maximum absolute atomic E-state index is 14.4. The molecule has 0 spiro atoms. The number of Topliss-reactive ketones (excluding diaryl/α,β-unsaturated/α-hetero) is 1. The topological polar surface area (TPSA) is 63.7 Å². The average molecular weight is 351 g/mol. The van der Waals surface area contributed by atoms with Crippen LogP contribution in [0.5, 0.6) is 0 Å². The van der Waals surface area contributed by atoms with Crippen molar-refractivity contribution in [3.05, 3.63) is 41.0 Å². The van der Waals surface area contributed by atoms with Crippen LogP contribution in [0, 0.1) is 11.6 Å². The molecule has 0 aliphatic carbocycles. The molecule has 0 bridgehead atoms. The van der Waals surface area contributed by atoms with E-state index in [2.05, 4.69) is 4.74 Å². The maximum atomic E-state index is 14.4. The van der Waals surface area contributed by atoms with Gasteiger partial charge in [-0.1, -0.05) is 6.08 Å². The van der Waals surface area contributed by atoms with Gasteiger partial charge in [0.05, 0.1) is 12.2 Å². The van der Waals surface area contributed by atoms with E-state index in [0.29, 0.717) is 25.1 Å². The van der Waals surface area contributed by atoms with Crippen LogP contribution in [0.15, 0.2) is 18.2 Å². The summed E-state index contributed by atoms with van der Waals surface area (Å²) in [5.74, 6) is -3.32. The molecule has 1 aromatic rings. The van der Waals surface area contributed by atoms with Crippen molar-refractivity contribution < 1.29 is 27.9 Å². The lowest BCUT2D eigenvalue weighted by Gasteiger charge is -2.25. The number of carbonyl (C=O) groups excluding carboxylic acids is 3. The molecular weight excluding hydrogens is 332 g/mol. The van der Waals surface area contributed by atoms with Gasteiger partial charge in [-0.25, -0.2) is 8.78 Å². The summed E-state index contributed by atoms with van der Waals surface area (Å²) in [6.45, 7) is 3.89. The highest BCUT2D eigenvalue weighted by Crippen LogP contribution is 2.27. The Hall–Kier alpha value is -2.57.